The van der Waals surface area contributed by atoms with Crippen LogP contribution in [-0.2, 0) is 6.54 Å². The lowest BCUT2D eigenvalue weighted by molar-refractivity contribution is 0.0695. The number of rotatable bonds is 7. The van der Waals surface area contributed by atoms with Crippen molar-refractivity contribution in [3.05, 3.63) is 39.9 Å². The van der Waals surface area contributed by atoms with E-state index < -0.39 is 17.2 Å². The molecule has 1 aliphatic rings. The second kappa shape index (κ2) is 8.55. The van der Waals surface area contributed by atoms with Crippen LogP contribution in [0.25, 0.3) is 10.9 Å². The van der Waals surface area contributed by atoms with Crippen molar-refractivity contribution >= 4 is 22.6 Å². The lowest BCUT2D eigenvalue weighted by atomic mass is 10.1. The predicted octanol–water partition coefficient (Wildman–Crippen LogP) is 4.41. The fourth-order valence-corrected chi connectivity index (χ4v) is 3.82. The van der Waals surface area contributed by atoms with Gasteiger partial charge in [-0.25, -0.2) is 9.18 Å². The van der Waals surface area contributed by atoms with Crippen LogP contribution in [0.15, 0.2) is 23.1 Å². The van der Waals surface area contributed by atoms with Gasteiger partial charge in [0.2, 0.25) is 5.43 Å². The van der Waals surface area contributed by atoms with Crippen LogP contribution in [0.3, 0.4) is 0 Å². The van der Waals surface area contributed by atoms with Crippen molar-refractivity contribution in [1.29, 1.82) is 0 Å². The number of aromatic carboxylic acids is 1. The number of benzene rings is 1. The molecule has 2 aromatic rings. The average molecular weight is 374 g/mol. The van der Waals surface area contributed by atoms with Crippen LogP contribution in [0.4, 0.5) is 10.1 Å². The zero-order valence-corrected chi connectivity index (χ0v) is 15.8. The Hall–Kier alpha value is -2.37. The molecule has 3 rings (SSSR count). The van der Waals surface area contributed by atoms with E-state index in [-0.39, 0.29) is 10.9 Å². The van der Waals surface area contributed by atoms with Crippen molar-refractivity contribution in [2.45, 2.75) is 58.4 Å². The van der Waals surface area contributed by atoms with Gasteiger partial charge in [0.25, 0.3) is 0 Å². The number of anilines is 1. The molecule has 146 valence electrons. The largest absolute Gasteiger partial charge is 0.477 e. The van der Waals surface area contributed by atoms with E-state index in [0.717, 1.165) is 58.0 Å². The van der Waals surface area contributed by atoms with E-state index in [1.807, 2.05) is 9.47 Å². The average Bonchev–Trinajstić information content (AvgIpc) is 2.67. The molecule has 1 N–H and O–H groups in total. The molecule has 0 unspecified atom stereocenters. The van der Waals surface area contributed by atoms with E-state index in [0.29, 0.717) is 17.7 Å². The van der Waals surface area contributed by atoms with Crippen LogP contribution in [0.1, 0.15) is 62.2 Å². The minimum Gasteiger partial charge on any atom is -0.477 e. The molecule has 5 nitrogen and oxygen atoms in total. The lowest BCUT2D eigenvalue weighted by Crippen LogP contribution is -2.30. The number of carboxylic acid groups (broad SMARTS) is 1. The molecule has 1 saturated heterocycles. The molecular weight excluding hydrogens is 347 g/mol. The van der Waals surface area contributed by atoms with E-state index in [9.17, 15) is 19.1 Å². The number of nitrogens with zero attached hydrogens (tertiary/aromatic N) is 2. The summed E-state index contributed by atoms with van der Waals surface area (Å²) in [6.45, 7) is 4.35. The van der Waals surface area contributed by atoms with Gasteiger partial charge in [-0.3, -0.25) is 4.79 Å². The summed E-state index contributed by atoms with van der Waals surface area (Å²) in [4.78, 5) is 26.1. The molecule has 1 fully saturated rings. The zero-order chi connectivity index (χ0) is 19.4. The summed E-state index contributed by atoms with van der Waals surface area (Å²) >= 11 is 0. The number of aromatic nitrogens is 1. The smallest absolute Gasteiger partial charge is 0.341 e. The van der Waals surface area contributed by atoms with E-state index in [4.69, 9.17) is 0 Å². The molecule has 0 bridgehead atoms. The van der Waals surface area contributed by atoms with E-state index >= 15 is 0 Å². The number of halogens is 1. The van der Waals surface area contributed by atoms with E-state index in [1.165, 1.54) is 12.3 Å². The number of hydrogen-bond acceptors (Lipinski definition) is 3. The van der Waals surface area contributed by atoms with Gasteiger partial charge in [-0.2, -0.15) is 0 Å². The third kappa shape index (κ3) is 4.15. The van der Waals surface area contributed by atoms with Gasteiger partial charge in [-0.05, 0) is 37.8 Å². The zero-order valence-electron chi connectivity index (χ0n) is 15.8. The molecule has 1 aromatic heterocycles. The molecule has 0 spiro atoms. The standard InChI is InChI=1S/C21H27FN2O3/c1-2-3-4-6-11-24-14-16(21(26)27)20(25)15-12-17(22)19(13-18(15)24)23-9-7-5-8-10-23/h12-14H,2-11H2,1H3,(H,26,27). The molecule has 0 radical (unpaired) electrons. The molecule has 6 heteroatoms. The van der Waals surface area contributed by atoms with Gasteiger partial charge < -0.3 is 14.6 Å². The van der Waals surface area contributed by atoms with Crippen molar-refractivity contribution in [3.8, 4) is 0 Å². The number of carboxylic acids is 1. The first kappa shape index (κ1) is 19.4. The number of fused-ring (bicyclic) bond motifs is 1. The fraction of sp³-hybridized carbons (Fsp3) is 0.524. The highest BCUT2D eigenvalue weighted by Crippen LogP contribution is 2.28. The van der Waals surface area contributed by atoms with Crippen molar-refractivity contribution in [2.75, 3.05) is 18.0 Å². The molecule has 0 atom stereocenters. The third-order valence-corrected chi connectivity index (χ3v) is 5.33. The Balaban J connectivity index is 2.09. The summed E-state index contributed by atoms with van der Waals surface area (Å²) in [5.41, 5.74) is 0.199. The molecule has 2 heterocycles. The number of pyridine rings is 1. The first-order valence-corrected chi connectivity index (χ1v) is 9.88. The monoisotopic (exact) mass is 374 g/mol. The van der Waals surface area contributed by atoms with Crippen LogP contribution >= 0.6 is 0 Å². The third-order valence-electron chi connectivity index (χ3n) is 5.33. The number of hydrogen-bond donors (Lipinski definition) is 1. The van der Waals surface area contributed by atoms with Crippen LogP contribution in [0.5, 0.6) is 0 Å². The van der Waals surface area contributed by atoms with Crippen molar-refractivity contribution in [1.82, 2.24) is 4.57 Å². The van der Waals surface area contributed by atoms with Gasteiger partial charge in [0.15, 0.2) is 0 Å². The van der Waals surface area contributed by atoms with Crippen molar-refractivity contribution in [2.24, 2.45) is 0 Å². The fourth-order valence-electron chi connectivity index (χ4n) is 3.82. The molecule has 1 aromatic carbocycles. The van der Waals surface area contributed by atoms with Gasteiger partial charge in [0.05, 0.1) is 11.2 Å². The normalized spacial score (nSPS) is 14.7. The summed E-state index contributed by atoms with van der Waals surface area (Å²) in [5.74, 6) is -1.73. The van der Waals surface area contributed by atoms with Gasteiger partial charge >= 0.3 is 5.97 Å². The van der Waals surface area contributed by atoms with Crippen molar-refractivity contribution in [3.63, 3.8) is 0 Å². The summed E-state index contributed by atoms with van der Waals surface area (Å²) < 4.78 is 16.6. The van der Waals surface area contributed by atoms with Crippen LogP contribution < -0.4 is 10.3 Å². The predicted molar refractivity (Wildman–Crippen MR) is 105 cm³/mol. The molecular formula is C21H27FN2O3. The highest BCUT2D eigenvalue weighted by atomic mass is 19.1. The van der Waals surface area contributed by atoms with Crippen LogP contribution in [-0.4, -0.2) is 28.7 Å². The Morgan fingerprint density at radius 1 is 1.15 bits per heavy atom. The summed E-state index contributed by atoms with van der Waals surface area (Å²) in [6, 6.07) is 2.94. The maximum atomic E-state index is 14.8. The molecule has 1 aliphatic heterocycles. The molecule has 0 aliphatic carbocycles. The maximum absolute atomic E-state index is 14.8. The minimum absolute atomic E-state index is 0.142. The second-order valence-electron chi connectivity index (χ2n) is 7.30. The Bertz CT molecular complexity index is 885. The van der Waals surface area contributed by atoms with Crippen LogP contribution in [0.2, 0.25) is 0 Å². The van der Waals surface area contributed by atoms with E-state index in [1.54, 1.807) is 6.07 Å². The number of aryl methyl sites for hydroxylation is 1. The quantitative estimate of drug-likeness (QED) is 0.729. The number of piperidine rings is 1. The first-order valence-electron chi connectivity index (χ1n) is 9.88. The highest BCUT2D eigenvalue weighted by molar-refractivity contribution is 5.93. The molecule has 0 saturated carbocycles. The molecule has 27 heavy (non-hydrogen) atoms. The SMILES string of the molecule is CCCCCCn1cc(C(=O)O)c(=O)c2cc(F)c(N3CCCCC3)cc21. The lowest BCUT2D eigenvalue weighted by Gasteiger charge is -2.29. The van der Waals surface area contributed by atoms with Gasteiger partial charge in [-0.1, -0.05) is 26.2 Å². The second-order valence-corrected chi connectivity index (χ2v) is 7.30. The summed E-state index contributed by atoms with van der Waals surface area (Å²) in [6.07, 6.45) is 8.76. The Kier molecular flexibility index (Phi) is 6.14. The number of carbonyl (C=O) groups is 1. The van der Waals surface area contributed by atoms with Gasteiger partial charge in [-0.15, -0.1) is 0 Å². The maximum Gasteiger partial charge on any atom is 0.341 e. The molecule has 0 amide bonds. The Morgan fingerprint density at radius 2 is 1.89 bits per heavy atom. The topological polar surface area (TPSA) is 62.5 Å². The Labute approximate surface area is 158 Å². The van der Waals surface area contributed by atoms with Crippen LogP contribution in [0, 0.1) is 5.82 Å². The summed E-state index contributed by atoms with van der Waals surface area (Å²) in [5, 5.41) is 9.51. The number of unbranched alkanes of at least 4 members (excludes halogenated alkanes) is 3. The van der Waals surface area contributed by atoms with E-state index in [2.05, 4.69) is 6.92 Å². The Morgan fingerprint density at radius 3 is 2.56 bits per heavy atom. The van der Waals surface area contributed by atoms with Gasteiger partial charge in [0.1, 0.15) is 11.4 Å². The summed E-state index contributed by atoms with van der Waals surface area (Å²) in [7, 11) is 0. The first-order chi connectivity index (χ1) is 13.0. The highest BCUT2D eigenvalue weighted by Gasteiger charge is 2.20. The van der Waals surface area contributed by atoms with Crippen molar-refractivity contribution < 1.29 is 14.3 Å². The minimum atomic E-state index is -1.27. The van der Waals surface area contributed by atoms with Gasteiger partial charge in [0, 0.05) is 31.2 Å².